The molecule has 8 heteroatoms. The Balaban J connectivity index is 2.19. The maximum Gasteiger partial charge on any atom is 0.326 e. The van der Waals surface area contributed by atoms with E-state index < -0.39 is 5.97 Å². The van der Waals surface area contributed by atoms with Crippen LogP contribution in [0.15, 0.2) is 45.8 Å². The third-order valence-corrected chi connectivity index (χ3v) is 3.08. The monoisotopic (exact) mass is 292 g/mol. The van der Waals surface area contributed by atoms with Crippen LogP contribution in [0.5, 0.6) is 0 Å². The molecule has 7 nitrogen and oxygen atoms in total. The molecule has 0 unspecified atom stereocenters. The SMILES string of the molecule is CCOC(=O)Cn1ccnc(Sc2ncccn2)c1=O. The molecule has 20 heavy (non-hydrogen) atoms. The van der Waals surface area contributed by atoms with Crippen LogP contribution >= 0.6 is 11.8 Å². The van der Waals surface area contributed by atoms with Crippen LogP contribution in [0.3, 0.4) is 0 Å². The van der Waals surface area contributed by atoms with Gasteiger partial charge in [0.2, 0.25) is 0 Å². The second-order valence-electron chi connectivity index (χ2n) is 3.60. The quantitative estimate of drug-likeness (QED) is 0.593. The lowest BCUT2D eigenvalue weighted by Crippen LogP contribution is -2.26. The minimum absolute atomic E-state index is 0.140. The predicted molar refractivity (Wildman–Crippen MR) is 71.3 cm³/mol. The second-order valence-corrected chi connectivity index (χ2v) is 4.56. The summed E-state index contributed by atoms with van der Waals surface area (Å²) in [5.41, 5.74) is -0.377. The molecule has 0 N–H and O–H groups in total. The number of hydrogen-bond acceptors (Lipinski definition) is 7. The smallest absolute Gasteiger partial charge is 0.326 e. The Bertz CT molecular complexity index is 645. The summed E-state index contributed by atoms with van der Waals surface area (Å²) in [6.07, 6.45) is 6.05. The lowest BCUT2D eigenvalue weighted by atomic mass is 10.6. The van der Waals surface area contributed by atoms with Crippen molar-refractivity contribution in [3.63, 3.8) is 0 Å². The minimum atomic E-state index is -0.465. The standard InChI is InChI=1S/C12H12N4O3S/c1-2-19-9(17)8-16-7-6-13-10(11(16)18)20-12-14-4-3-5-15-12/h3-7H,2,8H2,1H3. The van der Waals surface area contributed by atoms with Crippen LogP contribution in [0.4, 0.5) is 0 Å². The molecule has 2 heterocycles. The van der Waals surface area contributed by atoms with E-state index in [1.54, 1.807) is 25.4 Å². The highest BCUT2D eigenvalue weighted by Gasteiger charge is 2.11. The Morgan fingerprint density at radius 1 is 1.30 bits per heavy atom. The molecule has 2 rings (SSSR count). The van der Waals surface area contributed by atoms with Gasteiger partial charge in [-0.2, -0.15) is 0 Å². The van der Waals surface area contributed by atoms with Gasteiger partial charge >= 0.3 is 5.97 Å². The van der Waals surface area contributed by atoms with Crippen molar-refractivity contribution in [2.75, 3.05) is 6.61 Å². The summed E-state index contributed by atoms with van der Waals surface area (Å²) in [6.45, 7) is 1.85. The van der Waals surface area contributed by atoms with E-state index in [9.17, 15) is 9.59 Å². The molecule has 0 spiro atoms. The highest BCUT2D eigenvalue weighted by molar-refractivity contribution is 7.99. The van der Waals surface area contributed by atoms with E-state index in [0.29, 0.717) is 5.16 Å². The van der Waals surface area contributed by atoms with Gasteiger partial charge < -0.3 is 9.30 Å². The zero-order valence-electron chi connectivity index (χ0n) is 10.7. The van der Waals surface area contributed by atoms with Crippen LogP contribution in [-0.4, -0.2) is 32.1 Å². The van der Waals surface area contributed by atoms with Crippen molar-refractivity contribution in [2.24, 2.45) is 0 Å². The molecular formula is C12H12N4O3S. The van der Waals surface area contributed by atoms with Crippen molar-refractivity contribution in [3.8, 4) is 0 Å². The predicted octanol–water partition coefficient (Wildman–Crippen LogP) is 0.748. The second kappa shape index (κ2) is 6.80. The summed E-state index contributed by atoms with van der Waals surface area (Å²) in [7, 11) is 0. The molecule has 0 atom stereocenters. The topological polar surface area (TPSA) is 87.0 Å². The molecule has 0 saturated carbocycles. The van der Waals surface area contributed by atoms with Gasteiger partial charge in [0.25, 0.3) is 5.56 Å². The van der Waals surface area contributed by atoms with Gasteiger partial charge in [0, 0.05) is 24.8 Å². The molecule has 0 aliphatic rings. The van der Waals surface area contributed by atoms with E-state index in [1.165, 1.54) is 17.0 Å². The number of hydrogen-bond donors (Lipinski definition) is 0. The number of rotatable bonds is 5. The fourth-order valence-corrected chi connectivity index (χ4v) is 2.11. The van der Waals surface area contributed by atoms with Gasteiger partial charge in [-0.15, -0.1) is 0 Å². The first kappa shape index (κ1) is 14.2. The normalized spacial score (nSPS) is 10.2. The van der Waals surface area contributed by atoms with Gasteiger partial charge in [-0.3, -0.25) is 9.59 Å². The van der Waals surface area contributed by atoms with Gasteiger partial charge in [0.1, 0.15) is 6.54 Å². The molecule has 104 valence electrons. The number of aromatic nitrogens is 4. The highest BCUT2D eigenvalue weighted by Crippen LogP contribution is 2.17. The molecule has 0 aromatic carbocycles. The van der Waals surface area contributed by atoms with E-state index in [-0.39, 0.29) is 23.7 Å². The summed E-state index contributed by atoms with van der Waals surface area (Å²) >= 11 is 1.05. The van der Waals surface area contributed by atoms with Crippen molar-refractivity contribution < 1.29 is 9.53 Å². The van der Waals surface area contributed by atoms with Crippen LogP contribution in [0.25, 0.3) is 0 Å². The number of carbonyl (C=O) groups excluding carboxylic acids is 1. The van der Waals surface area contributed by atoms with E-state index in [1.807, 2.05) is 0 Å². The first-order valence-electron chi connectivity index (χ1n) is 5.86. The Labute approximate surface area is 119 Å². The van der Waals surface area contributed by atoms with Crippen LogP contribution < -0.4 is 5.56 Å². The van der Waals surface area contributed by atoms with E-state index >= 15 is 0 Å². The van der Waals surface area contributed by atoms with Crippen molar-refractivity contribution in [3.05, 3.63) is 41.2 Å². The third-order valence-electron chi connectivity index (χ3n) is 2.22. The van der Waals surface area contributed by atoms with Gasteiger partial charge in [-0.1, -0.05) is 0 Å². The van der Waals surface area contributed by atoms with Crippen LogP contribution in [-0.2, 0) is 16.1 Å². The van der Waals surface area contributed by atoms with Crippen LogP contribution in [0, 0.1) is 0 Å². The Hall–Kier alpha value is -2.22. The molecule has 0 saturated heterocycles. The first-order chi connectivity index (χ1) is 9.70. The van der Waals surface area contributed by atoms with Crippen LogP contribution in [0.1, 0.15) is 6.92 Å². The van der Waals surface area contributed by atoms with Crippen LogP contribution in [0.2, 0.25) is 0 Å². The number of ether oxygens (including phenoxy) is 1. The van der Waals surface area contributed by atoms with E-state index in [4.69, 9.17) is 4.74 Å². The van der Waals surface area contributed by atoms with E-state index in [2.05, 4.69) is 15.0 Å². The van der Waals surface area contributed by atoms with Gasteiger partial charge in [0.05, 0.1) is 6.61 Å². The molecular weight excluding hydrogens is 280 g/mol. The Kier molecular flexibility index (Phi) is 4.83. The maximum absolute atomic E-state index is 12.1. The molecule has 0 bridgehead atoms. The third kappa shape index (κ3) is 3.64. The summed E-state index contributed by atoms with van der Waals surface area (Å²) in [5.74, 6) is -0.465. The van der Waals surface area contributed by atoms with E-state index in [0.717, 1.165) is 11.8 Å². The van der Waals surface area contributed by atoms with Crippen molar-refractivity contribution in [1.82, 2.24) is 19.5 Å². The summed E-state index contributed by atoms with van der Waals surface area (Å²) in [6, 6.07) is 1.68. The fourth-order valence-electron chi connectivity index (χ4n) is 1.39. The zero-order chi connectivity index (χ0) is 14.4. The molecule has 0 radical (unpaired) electrons. The average molecular weight is 292 g/mol. The van der Waals surface area contributed by atoms with Crippen molar-refractivity contribution >= 4 is 17.7 Å². The molecule has 0 aliphatic heterocycles. The van der Waals surface area contributed by atoms with Gasteiger partial charge in [0.15, 0.2) is 10.2 Å². The average Bonchev–Trinajstić information content (AvgIpc) is 2.45. The molecule has 0 fully saturated rings. The maximum atomic E-state index is 12.1. The fraction of sp³-hybridized carbons (Fsp3) is 0.250. The number of esters is 1. The number of nitrogens with zero attached hydrogens (tertiary/aromatic N) is 4. The molecule has 0 amide bonds. The highest BCUT2D eigenvalue weighted by atomic mass is 32.2. The largest absolute Gasteiger partial charge is 0.465 e. The van der Waals surface area contributed by atoms with Gasteiger partial charge in [-0.05, 0) is 24.8 Å². The molecule has 2 aromatic heterocycles. The molecule has 2 aromatic rings. The Morgan fingerprint density at radius 3 is 2.75 bits per heavy atom. The van der Waals surface area contributed by atoms with Crippen molar-refractivity contribution in [2.45, 2.75) is 23.7 Å². The number of carbonyl (C=O) groups is 1. The van der Waals surface area contributed by atoms with Crippen molar-refractivity contribution in [1.29, 1.82) is 0 Å². The summed E-state index contributed by atoms with van der Waals surface area (Å²) < 4.78 is 6.05. The van der Waals surface area contributed by atoms with Gasteiger partial charge in [-0.25, -0.2) is 15.0 Å². The lowest BCUT2D eigenvalue weighted by Gasteiger charge is -2.06. The minimum Gasteiger partial charge on any atom is -0.465 e. The molecule has 0 aliphatic carbocycles. The summed E-state index contributed by atoms with van der Waals surface area (Å²) in [4.78, 5) is 35.5. The summed E-state index contributed by atoms with van der Waals surface area (Å²) in [5, 5.41) is 0.633. The first-order valence-corrected chi connectivity index (χ1v) is 6.68. The zero-order valence-corrected chi connectivity index (χ0v) is 11.5. The lowest BCUT2D eigenvalue weighted by molar-refractivity contribution is -0.143. The Morgan fingerprint density at radius 2 is 2.05 bits per heavy atom.